The van der Waals surface area contributed by atoms with Crippen molar-refractivity contribution in [3.63, 3.8) is 0 Å². The Hall–Kier alpha value is -3.61. The van der Waals surface area contributed by atoms with Crippen molar-refractivity contribution in [2.24, 2.45) is 0 Å². The number of carbonyl (C=O) groups is 3. The van der Waals surface area contributed by atoms with Crippen molar-refractivity contribution in [1.29, 1.82) is 0 Å². The van der Waals surface area contributed by atoms with Gasteiger partial charge < -0.3 is 14.2 Å². The molecule has 28 heavy (non-hydrogen) atoms. The van der Waals surface area contributed by atoms with Crippen LogP contribution in [0, 0.1) is 0 Å². The predicted octanol–water partition coefficient (Wildman–Crippen LogP) is 2.61. The summed E-state index contributed by atoms with van der Waals surface area (Å²) in [5, 5.41) is 2.14. The van der Waals surface area contributed by atoms with Crippen LogP contribution in [-0.4, -0.2) is 38.1 Å². The first-order chi connectivity index (χ1) is 13.5. The number of rotatable bonds is 8. The number of nitrogens with one attached hydrogen (secondary N) is 1. The molecular weight excluding hydrogens is 362 g/mol. The average molecular weight is 383 g/mol. The molecule has 0 fully saturated rings. The number of benzene rings is 2. The van der Waals surface area contributed by atoms with Crippen LogP contribution in [0.4, 0.5) is 0 Å². The lowest BCUT2D eigenvalue weighted by atomic mass is 10.2. The first kappa shape index (κ1) is 20.7. The molecule has 0 aliphatic heterocycles. The zero-order chi connectivity index (χ0) is 20.4. The first-order valence-electron chi connectivity index (χ1n) is 8.52. The summed E-state index contributed by atoms with van der Waals surface area (Å²) in [6.07, 6.45) is 3.79. The Morgan fingerprint density at radius 2 is 1.75 bits per heavy atom. The van der Waals surface area contributed by atoms with Crippen molar-refractivity contribution in [2.45, 2.75) is 6.92 Å². The van der Waals surface area contributed by atoms with Gasteiger partial charge in [-0.1, -0.05) is 36.4 Å². The lowest BCUT2D eigenvalue weighted by molar-refractivity contribution is -0.150. The summed E-state index contributed by atoms with van der Waals surface area (Å²) in [5.74, 6) is -1.20. The second kappa shape index (κ2) is 10.5. The van der Waals surface area contributed by atoms with Gasteiger partial charge in [-0.3, -0.25) is 14.9 Å². The maximum absolute atomic E-state index is 11.8. The smallest absolute Gasteiger partial charge is 0.344 e. The lowest BCUT2D eigenvalue weighted by Crippen LogP contribution is -2.34. The van der Waals surface area contributed by atoms with Crippen molar-refractivity contribution in [3.05, 3.63) is 65.7 Å². The van der Waals surface area contributed by atoms with Crippen LogP contribution >= 0.6 is 0 Å². The third kappa shape index (κ3) is 6.28. The molecule has 7 nitrogen and oxygen atoms in total. The molecule has 2 rings (SSSR count). The molecule has 0 saturated heterocycles. The highest BCUT2D eigenvalue weighted by molar-refractivity contribution is 6.05. The Balaban J connectivity index is 1.79. The number of ether oxygens (including phenoxy) is 3. The van der Waals surface area contributed by atoms with Gasteiger partial charge in [0.05, 0.1) is 7.11 Å². The third-order valence-electron chi connectivity index (χ3n) is 3.55. The standard InChI is InChI=1S/C21H21NO6/c1-3-7-15-10-11-17(18(12-15)26-2)27-14-20(24)28-13-19(23)22-21(25)16-8-5-4-6-9-16/h3-12H,13-14H2,1-2H3,(H,22,23,25)/b7-3+. The van der Waals surface area contributed by atoms with E-state index in [4.69, 9.17) is 14.2 Å². The molecule has 0 radical (unpaired) electrons. The molecule has 0 unspecified atom stereocenters. The normalized spacial score (nSPS) is 10.4. The van der Waals surface area contributed by atoms with E-state index in [1.54, 1.807) is 42.5 Å². The van der Waals surface area contributed by atoms with Gasteiger partial charge in [0.1, 0.15) is 0 Å². The summed E-state index contributed by atoms with van der Waals surface area (Å²) in [5.41, 5.74) is 1.26. The van der Waals surface area contributed by atoms with Crippen molar-refractivity contribution >= 4 is 23.9 Å². The van der Waals surface area contributed by atoms with Crippen LogP contribution in [0.25, 0.3) is 6.08 Å². The molecule has 0 aromatic heterocycles. The Morgan fingerprint density at radius 1 is 1.00 bits per heavy atom. The van der Waals surface area contributed by atoms with E-state index >= 15 is 0 Å². The van der Waals surface area contributed by atoms with Crippen molar-refractivity contribution in [1.82, 2.24) is 5.32 Å². The SMILES string of the molecule is C/C=C/c1ccc(OCC(=O)OCC(=O)NC(=O)c2ccccc2)c(OC)c1. The number of hydrogen-bond donors (Lipinski definition) is 1. The number of allylic oxidation sites excluding steroid dienone is 1. The summed E-state index contributed by atoms with van der Waals surface area (Å²) in [4.78, 5) is 35.3. The summed E-state index contributed by atoms with van der Waals surface area (Å²) in [7, 11) is 1.49. The van der Waals surface area contributed by atoms with E-state index in [-0.39, 0.29) is 0 Å². The minimum absolute atomic E-state index is 0.332. The van der Waals surface area contributed by atoms with Gasteiger partial charge in [0, 0.05) is 5.56 Å². The van der Waals surface area contributed by atoms with E-state index in [1.807, 2.05) is 25.1 Å². The average Bonchev–Trinajstić information content (AvgIpc) is 2.72. The Kier molecular flexibility index (Phi) is 7.77. The molecule has 146 valence electrons. The fraction of sp³-hybridized carbons (Fsp3) is 0.190. The molecule has 0 heterocycles. The number of hydrogen-bond acceptors (Lipinski definition) is 6. The molecule has 2 amide bonds. The number of esters is 1. The van der Waals surface area contributed by atoms with Gasteiger partial charge >= 0.3 is 5.97 Å². The van der Waals surface area contributed by atoms with Gasteiger partial charge in [-0.2, -0.15) is 0 Å². The highest BCUT2D eigenvalue weighted by Gasteiger charge is 2.13. The first-order valence-corrected chi connectivity index (χ1v) is 8.52. The van der Waals surface area contributed by atoms with Gasteiger partial charge in [-0.15, -0.1) is 0 Å². The zero-order valence-electron chi connectivity index (χ0n) is 15.6. The van der Waals surface area contributed by atoms with Gasteiger partial charge in [-0.25, -0.2) is 4.79 Å². The van der Waals surface area contributed by atoms with Gasteiger partial charge in [0.15, 0.2) is 24.7 Å². The quantitative estimate of drug-likeness (QED) is 0.705. The molecule has 0 spiro atoms. The van der Waals surface area contributed by atoms with E-state index in [0.717, 1.165) is 5.56 Å². The number of imide groups is 1. The minimum Gasteiger partial charge on any atom is -0.493 e. The van der Waals surface area contributed by atoms with E-state index in [9.17, 15) is 14.4 Å². The Morgan fingerprint density at radius 3 is 2.43 bits per heavy atom. The monoisotopic (exact) mass is 383 g/mol. The topological polar surface area (TPSA) is 90.9 Å². The molecule has 0 aliphatic carbocycles. The fourth-order valence-corrected chi connectivity index (χ4v) is 2.25. The molecule has 2 aromatic rings. The van der Waals surface area contributed by atoms with E-state index in [0.29, 0.717) is 17.1 Å². The Bertz CT molecular complexity index is 860. The predicted molar refractivity (Wildman–Crippen MR) is 103 cm³/mol. The third-order valence-corrected chi connectivity index (χ3v) is 3.55. The van der Waals surface area contributed by atoms with Crippen LogP contribution in [0.1, 0.15) is 22.8 Å². The van der Waals surface area contributed by atoms with Crippen LogP contribution < -0.4 is 14.8 Å². The number of carbonyl (C=O) groups excluding carboxylic acids is 3. The summed E-state index contributed by atoms with van der Waals surface area (Å²) in [6, 6.07) is 13.5. The molecule has 2 aromatic carbocycles. The molecular formula is C21H21NO6. The van der Waals surface area contributed by atoms with Crippen LogP contribution in [0.3, 0.4) is 0 Å². The maximum Gasteiger partial charge on any atom is 0.344 e. The molecule has 0 bridgehead atoms. The van der Waals surface area contributed by atoms with Crippen LogP contribution in [0.2, 0.25) is 0 Å². The zero-order valence-corrected chi connectivity index (χ0v) is 15.6. The summed E-state index contributed by atoms with van der Waals surface area (Å²) < 4.78 is 15.4. The summed E-state index contributed by atoms with van der Waals surface area (Å²) >= 11 is 0. The molecule has 0 saturated carbocycles. The summed E-state index contributed by atoms with van der Waals surface area (Å²) in [6.45, 7) is 0.911. The maximum atomic E-state index is 11.8. The van der Waals surface area contributed by atoms with Crippen LogP contribution in [0.15, 0.2) is 54.6 Å². The van der Waals surface area contributed by atoms with E-state index in [1.165, 1.54) is 7.11 Å². The van der Waals surface area contributed by atoms with Crippen molar-refractivity contribution in [3.8, 4) is 11.5 Å². The van der Waals surface area contributed by atoms with Gasteiger partial charge in [0.2, 0.25) is 0 Å². The molecule has 1 N–H and O–H groups in total. The number of methoxy groups -OCH3 is 1. The highest BCUT2D eigenvalue weighted by Crippen LogP contribution is 2.28. The minimum atomic E-state index is -0.748. The Labute approximate surface area is 162 Å². The second-order valence-electron chi connectivity index (χ2n) is 5.60. The van der Waals surface area contributed by atoms with Gasteiger partial charge in [-0.05, 0) is 36.8 Å². The highest BCUT2D eigenvalue weighted by atomic mass is 16.6. The van der Waals surface area contributed by atoms with Crippen LogP contribution in [0.5, 0.6) is 11.5 Å². The van der Waals surface area contributed by atoms with Crippen LogP contribution in [-0.2, 0) is 14.3 Å². The largest absolute Gasteiger partial charge is 0.493 e. The van der Waals surface area contributed by atoms with Gasteiger partial charge in [0.25, 0.3) is 11.8 Å². The number of amides is 2. The molecule has 7 heteroatoms. The second-order valence-corrected chi connectivity index (χ2v) is 5.60. The molecule has 0 atom stereocenters. The lowest BCUT2D eigenvalue weighted by Gasteiger charge is -2.11. The fourth-order valence-electron chi connectivity index (χ4n) is 2.25. The van der Waals surface area contributed by atoms with E-state index < -0.39 is 31.0 Å². The van der Waals surface area contributed by atoms with E-state index in [2.05, 4.69) is 5.32 Å². The van der Waals surface area contributed by atoms with Crippen molar-refractivity contribution in [2.75, 3.05) is 20.3 Å². The molecule has 0 aliphatic rings. The van der Waals surface area contributed by atoms with Crippen molar-refractivity contribution < 1.29 is 28.6 Å².